The molecule has 2 saturated carbocycles. The second-order valence-corrected chi connectivity index (χ2v) is 6.65. The normalized spacial score (nSPS) is 36.3. The maximum atomic E-state index is 12.3. The Bertz CT molecular complexity index is 310. The largest absolute Gasteiger partial charge is 0.396 e. The van der Waals surface area contributed by atoms with Gasteiger partial charge in [0.25, 0.3) is 0 Å². The average Bonchev–Trinajstić information content (AvgIpc) is 3.01. The second-order valence-electron chi connectivity index (χ2n) is 6.65. The third kappa shape index (κ3) is 2.42. The SMILES string of the molecule is O=C(CC1CC2CCC1C2)N1CCC(CO)CC1. The molecule has 1 N–H and O–H groups in total. The highest BCUT2D eigenvalue weighted by molar-refractivity contribution is 5.76. The van der Waals surface area contributed by atoms with Crippen LogP contribution in [0, 0.1) is 23.7 Å². The lowest BCUT2D eigenvalue weighted by molar-refractivity contribution is -0.134. The Morgan fingerprint density at radius 1 is 1.11 bits per heavy atom. The smallest absolute Gasteiger partial charge is 0.222 e. The van der Waals surface area contributed by atoms with Gasteiger partial charge < -0.3 is 10.0 Å². The number of rotatable bonds is 3. The molecule has 0 aromatic carbocycles. The first-order valence-corrected chi connectivity index (χ1v) is 7.65. The summed E-state index contributed by atoms with van der Waals surface area (Å²) in [6.07, 6.45) is 8.25. The summed E-state index contributed by atoms with van der Waals surface area (Å²) in [5.41, 5.74) is 0. The quantitative estimate of drug-likeness (QED) is 0.834. The lowest BCUT2D eigenvalue weighted by Gasteiger charge is -2.32. The predicted octanol–water partition coefficient (Wildman–Crippen LogP) is 2.04. The molecule has 3 unspecified atom stereocenters. The third-order valence-electron chi connectivity index (χ3n) is 5.55. The standard InChI is InChI=1S/C15H25NO2/c17-10-11-3-5-16(6-4-11)15(18)9-14-8-12-1-2-13(14)7-12/h11-14,17H,1-10H2. The molecule has 0 radical (unpaired) electrons. The van der Waals surface area contributed by atoms with Crippen LogP contribution in [0.4, 0.5) is 0 Å². The molecular formula is C15H25NO2. The summed E-state index contributed by atoms with van der Waals surface area (Å²) in [7, 11) is 0. The molecule has 0 aromatic heterocycles. The Morgan fingerprint density at radius 3 is 2.44 bits per heavy atom. The van der Waals surface area contributed by atoms with Crippen molar-refractivity contribution in [1.82, 2.24) is 4.90 Å². The number of carbonyl (C=O) groups excluding carboxylic acids is 1. The van der Waals surface area contributed by atoms with E-state index in [1.807, 2.05) is 4.90 Å². The predicted molar refractivity (Wildman–Crippen MR) is 69.9 cm³/mol. The first-order chi connectivity index (χ1) is 8.76. The van der Waals surface area contributed by atoms with E-state index in [1.54, 1.807) is 0 Å². The van der Waals surface area contributed by atoms with Gasteiger partial charge in [-0.15, -0.1) is 0 Å². The van der Waals surface area contributed by atoms with Crippen molar-refractivity contribution in [3.63, 3.8) is 0 Å². The van der Waals surface area contributed by atoms with Gasteiger partial charge in [-0.05, 0) is 55.8 Å². The van der Waals surface area contributed by atoms with Crippen LogP contribution in [0.3, 0.4) is 0 Å². The molecule has 3 fully saturated rings. The lowest BCUT2D eigenvalue weighted by atomic mass is 9.86. The summed E-state index contributed by atoms with van der Waals surface area (Å²) in [6.45, 7) is 2.02. The zero-order chi connectivity index (χ0) is 12.5. The number of likely N-dealkylation sites (tertiary alicyclic amines) is 1. The maximum Gasteiger partial charge on any atom is 0.222 e. The Hall–Kier alpha value is -0.570. The fourth-order valence-electron chi connectivity index (χ4n) is 4.34. The lowest BCUT2D eigenvalue weighted by Crippen LogP contribution is -2.40. The van der Waals surface area contributed by atoms with Crippen molar-refractivity contribution in [3.8, 4) is 0 Å². The zero-order valence-corrected chi connectivity index (χ0v) is 11.2. The van der Waals surface area contributed by atoms with Crippen molar-refractivity contribution < 1.29 is 9.90 Å². The van der Waals surface area contributed by atoms with E-state index < -0.39 is 0 Å². The van der Waals surface area contributed by atoms with Crippen LogP contribution in [-0.4, -0.2) is 35.6 Å². The van der Waals surface area contributed by atoms with Crippen LogP contribution < -0.4 is 0 Å². The van der Waals surface area contributed by atoms with Crippen LogP contribution in [-0.2, 0) is 4.79 Å². The molecule has 3 aliphatic rings. The Balaban J connectivity index is 1.47. The molecule has 0 aromatic rings. The molecule has 18 heavy (non-hydrogen) atoms. The zero-order valence-electron chi connectivity index (χ0n) is 11.2. The Labute approximate surface area is 110 Å². The molecule has 1 aliphatic heterocycles. The summed E-state index contributed by atoms with van der Waals surface area (Å²) in [4.78, 5) is 14.3. The monoisotopic (exact) mass is 251 g/mol. The molecule has 3 heteroatoms. The minimum atomic E-state index is 0.286. The van der Waals surface area contributed by atoms with Gasteiger partial charge in [-0.1, -0.05) is 6.42 Å². The van der Waals surface area contributed by atoms with Crippen molar-refractivity contribution in [3.05, 3.63) is 0 Å². The van der Waals surface area contributed by atoms with Gasteiger partial charge in [0.1, 0.15) is 0 Å². The van der Waals surface area contributed by atoms with Gasteiger partial charge in [-0.25, -0.2) is 0 Å². The summed E-state index contributed by atoms with van der Waals surface area (Å²) >= 11 is 0. The van der Waals surface area contributed by atoms with Gasteiger partial charge in [0, 0.05) is 26.1 Å². The van der Waals surface area contributed by atoms with Crippen molar-refractivity contribution in [2.45, 2.75) is 44.9 Å². The number of hydrogen-bond donors (Lipinski definition) is 1. The van der Waals surface area contributed by atoms with Gasteiger partial charge in [0.2, 0.25) is 5.91 Å². The molecule has 1 heterocycles. The molecule has 0 spiro atoms. The number of aliphatic hydroxyl groups excluding tert-OH is 1. The minimum Gasteiger partial charge on any atom is -0.396 e. The number of piperidine rings is 1. The summed E-state index contributed by atoms with van der Waals surface area (Å²) in [5, 5.41) is 9.11. The second kappa shape index (κ2) is 5.20. The topological polar surface area (TPSA) is 40.5 Å². The van der Waals surface area contributed by atoms with E-state index in [4.69, 9.17) is 5.11 Å². The highest BCUT2D eigenvalue weighted by Gasteiger charge is 2.40. The molecule has 2 bridgehead atoms. The van der Waals surface area contributed by atoms with E-state index in [-0.39, 0.29) is 6.61 Å². The minimum absolute atomic E-state index is 0.286. The third-order valence-corrected chi connectivity index (χ3v) is 5.55. The number of aliphatic hydroxyl groups is 1. The highest BCUT2D eigenvalue weighted by atomic mass is 16.3. The highest BCUT2D eigenvalue weighted by Crippen LogP contribution is 2.49. The Morgan fingerprint density at radius 2 is 1.89 bits per heavy atom. The molecular weight excluding hydrogens is 226 g/mol. The van der Waals surface area contributed by atoms with E-state index in [0.29, 0.717) is 17.7 Å². The van der Waals surface area contributed by atoms with E-state index in [9.17, 15) is 4.79 Å². The van der Waals surface area contributed by atoms with Crippen molar-refractivity contribution in [2.24, 2.45) is 23.7 Å². The molecule has 3 rings (SSSR count). The molecule has 3 nitrogen and oxygen atoms in total. The van der Waals surface area contributed by atoms with Crippen molar-refractivity contribution in [2.75, 3.05) is 19.7 Å². The summed E-state index contributed by atoms with van der Waals surface area (Å²) < 4.78 is 0. The number of hydrogen-bond acceptors (Lipinski definition) is 2. The van der Waals surface area contributed by atoms with E-state index in [1.165, 1.54) is 25.7 Å². The number of fused-ring (bicyclic) bond motifs is 2. The molecule has 2 aliphatic carbocycles. The maximum absolute atomic E-state index is 12.3. The molecule has 1 amide bonds. The first kappa shape index (κ1) is 12.5. The summed E-state index contributed by atoms with van der Waals surface area (Å²) in [5.74, 6) is 3.29. The van der Waals surface area contributed by atoms with Crippen LogP contribution in [0.5, 0.6) is 0 Å². The van der Waals surface area contributed by atoms with Crippen LogP contribution in [0.1, 0.15) is 44.9 Å². The van der Waals surface area contributed by atoms with E-state index >= 15 is 0 Å². The van der Waals surface area contributed by atoms with Crippen LogP contribution in [0.25, 0.3) is 0 Å². The summed E-state index contributed by atoms with van der Waals surface area (Å²) in [6, 6.07) is 0. The van der Waals surface area contributed by atoms with E-state index in [0.717, 1.165) is 44.2 Å². The van der Waals surface area contributed by atoms with Gasteiger partial charge in [-0.3, -0.25) is 4.79 Å². The number of nitrogens with zero attached hydrogens (tertiary/aromatic N) is 1. The molecule has 1 saturated heterocycles. The van der Waals surface area contributed by atoms with Gasteiger partial charge >= 0.3 is 0 Å². The fraction of sp³-hybridized carbons (Fsp3) is 0.933. The van der Waals surface area contributed by atoms with Crippen LogP contribution in [0.2, 0.25) is 0 Å². The van der Waals surface area contributed by atoms with Crippen molar-refractivity contribution in [1.29, 1.82) is 0 Å². The molecule has 3 atom stereocenters. The number of amides is 1. The van der Waals surface area contributed by atoms with Crippen LogP contribution in [0.15, 0.2) is 0 Å². The van der Waals surface area contributed by atoms with Gasteiger partial charge in [0.15, 0.2) is 0 Å². The molecule has 102 valence electrons. The fourth-order valence-corrected chi connectivity index (χ4v) is 4.34. The van der Waals surface area contributed by atoms with E-state index in [2.05, 4.69) is 0 Å². The average molecular weight is 251 g/mol. The number of carbonyl (C=O) groups is 1. The first-order valence-electron chi connectivity index (χ1n) is 7.65. The van der Waals surface area contributed by atoms with Gasteiger partial charge in [-0.2, -0.15) is 0 Å². The Kier molecular flexibility index (Phi) is 3.60. The van der Waals surface area contributed by atoms with Gasteiger partial charge in [0.05, 0.1) is 0 Å². The van der Waals surface area contributed by atoms with Crippen LogP contribution >= 0.6 is 0 Å². The van der Waals surface area contributed by atoms with Crippen molar-refractivity contribution >= 4 is 5.91 Å².